The van der Waals surface area contributed by atoms with Crippen LogP contribution in [0.25, 0.3) is 0 Å². The lowest BCUT2D eigenvalue weighted by molar-refractivity contribution is -0.117. The first-order chi connectivity index (χ1) is 7.43. The number of hydrogen-bond acceptors (Lipinski definition) is 1. The summed E-state index contributed by atoms with van der Waals surface area (Å²) in [7, 11) is 0. The topological polar surface area (TPSA) is 17.1 Å². The van der Waals surface area contributed by atoms with E-state index >= 15 is 0 Å². The number of carbonyl (C=O) groups is 1. The zero-order chi connectivity index (χ0) is 12.3. The maximum absolute atomic E-state index is 10.8. The van der Waals surface area contributed by atoms with Crippen molar-refractivity contribution in [3.05, 3.63) is 31.7 Å². The van der Waals surface area contributed by atoms with E-state index in [-0.39, 0.29) is 5.78 Å². The number of rotatable bonds is 4. The molecule has 0 atom stereocenters. The second-order valence-corrected chi connectivity index (χ2v) is 5.07. The highest BCUT2D eigenvalue weighted by Crippen LogP contribution is 2.37. The average molecular weight is 300 g/mol. The molecule has 0 spiro atoms. The van der Waals surface area contributed by atoms with Gasteiger partial charge in [0.25, 0.3) is 0 Å². The Morgan fingerprint density at radius 2 is 1.62 bits per heavy atom. The van der Waals surface area contributed by atoms with Gasteiger partial charge in [-0.1, -0.05) is 46.4 Å². The molecule has 0 amide bonds. The Kier molecular flexibility index (Phi) is 5.39. The third kappa shape index (κ3) is 3.53. The summed E-state index contributed by atoms with van der Waals surface area (Å²) >= 11 is 23.8. The number of benzene rings is 1. The van der Waals surface area contributed by atoms with Crippen molar-refractivity contribution in [1.82, 2.24) is 0 Å². The molecular weight excluding hydrogens is 290 g/mol. The minimum atomic E-state index is 0.139. The SMILES string of the molecule is CC(=O)CCCc1c(Cl)c(Cl)cc(Cl)c1Cl. The van der Waals surface area contributed by atoms with Gasteiger partial charge in [0.2, 0.25) is 0 Å². The Labute approximate surface area is 115 Å². The van der Waals surface area contributed by atoms with Gasteiger partial charge in [-0.15, -0.1) is 0 Å². The smallest absolute Gasteiger partial charge is 0.129 e. The highest BCUT2D eigenvalue weighted by Gasteiger charge is 2.13. The molecule has 0 aromatic heterocycles. The summed E-state index contributed by atoms with van der Waals surface area (Å²) in [4.78, 5) is 10.8. The van der Waals surface area contributed by atoms with Gasteiger partial charge in [0.05, 0.1) is 20.1 Å². The van der Waals surface area contributed by atoms with Gasteiger partial charge in [-0.05, 0) is 31.4 Å². The minimum Gasteiger partial charge on any atom is -0.300 e. The fourth-order valence-corrected chi connectivity index (χ4v) is 2.39. The first-order valence-electron chi connectivity index (χ1n) is 4.74. The fraction of sp³-hybridized carbons (Fsp3) is 0.364. The summed E-state index contributed by atoms with van der Waals surface area (Å²) in [6, 6.07) is 1.52. The predicted octanol–water partition coefficient (Wildman–Crippen LogP) is 5.21. The lowest BCUT2D eigenvalue weighted by atomic mass is 10.1. The number of halogens is 4. The van der Waals surface area contributed by atoms with Crippen LogP contribution in [0.2, 0.25) is 20.1 Å². The maximum Gasteiger partial charge on any atom is 0.129 e. The molecule has 1 aromatic rings. The zero-order valence-corrected chi connectivity index (χ0v) is 11.6. The van der Waals surface area contributed by atoms with Crippen LogP contribution < -0.4 is 0 Å². The van der Waals surface area contributed by atoms with Crippen molar-refractivity contribution in [3.8, 4) is 0 Å². The van der Waals surface area contributed by atoms with Gasteiger partial charge in [-0.25, -0.2) is 0 Å². The van der Waals surface area contributed by atoms with Gasteiger partial charge < -0.3 is 4.79 Å². The highest BCUT2D eigenvalue weighted by molar-refractivity contribution is 6.48. The molecule has 0 bridgehead atoms. The Morgan fingerprint density at radius 3 is 2.06 bits per heavy atom. The van der Waals surface area contributed by atoms with E-state index < -0.39 is 0 Å². The molecule has 0 aliphatic rings. The van der Waals surface area contributed by atoms with Crippen molar-refractivity contribution in [1.29, 1.82) is 0 Å². The predicted molar refractivity (Wildman–Crippen MR) is 70.1 cm³/mol. The van der Waals surface area contributed by atoms with Gasteiger partial charge in [0.15, 0.2) is 0 Å². The summed E-state index contributed by atoms with van der Waals surface area (Å²) in [5, 5.41) is 1.60. The largest absolute Gasteiger partial charge is 0.300 e. The first kappa shape index (κ1) is 14.1. The lowest BCUT2D eigenvalue weighted by Crippen LogP contribution is -1.95. The Hall–Kier alpha value is 0.0500. The fourth-order valence-electron chi connectivity index (χ4n) is 1.36. The summed E-state index contributed by atoms with van der Waals surface area (Å²) in [5.41, 5.74) is 0.710. The molecular formula is C11H10Cl4O. The monoisotopic (exact) mass is 298 g/mol. The van der Waals surface area contributed by atoms with Crippen LogP contribution in [-0.4, -0.2) is 5.78 Å². The highest BCUT2D eigenvalue weighted by atomic mass is 35.5. The van der Waals surface area contributed by atoms with Crippen molar-refractivity contribution >= 4 is 52.2 Å². The summed E-state index contributed by atoms with van der Waals surface area (Å²) in [6.07, 6.45) is 1.78. The number of carbonyl (C=O) groups excluding carboxylic acids is 1. The van der Waals surface area contributed by atoms with Crippen LogP contribution in [0.5, 0.6) is 0 Å². The summed E-state index contributed by atoms with van der Waals surface area (Å²) in [5.74, 6) is 0.139. The van der Waals surface area contributed by atoms with Gasteiger partial charge in [-0.3, -0.25) is 0 Å². The van der Waals surface area contributed by atoms with E-state index in [0.29, 0.717) is 44.9 Å². The molecule has 1 rings (SSSR count). The van der Waals surface area contributed by atoms with Crippen LogP contribution in [0.4, 0.5) is 0 Å². The molecule has 0 aliphatic heterocycles. The van der Waals surface area contributed by atoms with Gasteiger partial charge in [0, 0.05) is 6.42 Å². The van der Waals surface area contributed by atoms with Crippen molar-refractivity contribution in [2.75, 3.05) is 0 Å². The van der Waals surface area contributed by atoms with Crippen LogP contribution in [0, 0.1) is 0 Å². The maximum atomic E-state index is 10.8. The zero-order valence-electron chi connectivity index (χ0n) is 8.62. The van der Waals surface area contributed by atoms with Crippen molar-refractivity contribution in [2.24, 2.45) is 0 Å². The van der Waals surface area contributed by atoms with Gasteiger partial charge in [0.1, 0.15) is 5.78 Å². The molecule has 0 fully saturated rings. The van der Waals surface area contributed by atoms with Crippen molar-refractivity contribution < 1.29 is 4.79 Å². The van der Waals surface area contributed by atoms with Crippen molar-refractivity contribution in [3.63, 3.8) is 0 Å². The standard InChI is InChI=1S/C11H10Cl4O/c1-6(16)3-2-4-7-10(14)8(12)5-9(13)11(7)15/h5H,2-4H2,1H3. The Balaban J connectivity index is 2.90. The Morgan fingerprint density at radius 1 is 1.12 bits per heavy atom. The van der Waals surface area contributed by atoms with Crippen LogP contribution in [-0.2, 0) is 11.2 Å². The number of Topliss-reactive ketones (excluding diaryl/α,β-unsaturated/α-hetero) is 1. The van der Waals surface area contributed by atoms with Crippen LogP contribution in [0.15, 0.2) is 6.07 Å². The molecule has 1 aromatic carbocycles. The van der Waals surface area contributed by atoms with Crippen LogP contribution in [0.3, 0.4) is 0 Å². The molecule has 16 heavy (non-hydrogen) atoms. The third-order valence-corrected chi connectivity index (χ3v) is 3.81. The number of ketones is 1. The molecule has 0 aliphatic carbocycles. The van der Waals surface area contributed by atoms with E-state index in [4.69, 9.17) is 46.4 Å². The lowest BCUT2D eigenvalue weighted by Gasteiger charge is -2.09. The van der Waals surface area contributed by atoms with E-state index in [1.165, 1.54) is 6.07 Å². The first-order valence-corrected chi connectivity index (χ1v) is 6.26. The quantitative estimate of drug-likeness (QED) is 0.697. The second kappa shape index (κ2) is 6.11. The minimum absolute atomic E-state index is 0.139. The molecule has 5 heteroatoms. The Bertz CT molecular complexity index is 389. The molecule has 0 radical (unpaired) electrons. The van der Waals surface area contributed by atoms with Gasteiger partial charge >= 0.3 is 0 Å². The van der Waals surface area contributed by atoms with Gasteiger partial charge in [-0.2, -0.15) is 0 Å². The normalized spacial score (nSPS) is 10.6. The van der Waals surface area contributed by atoms with Crippen LogP contribution in [0.1, 0.15) is 25.3 Å². The second-order valence-electron chi connectivity index (χ2n) is 3.50. The molecule has 0 N–H and O–H groups in total. The summed E-state index contributed by atoms with van der Waals surface area (Å²) < 4.78 is 0. The van der Waals surface area contributed by atoms with E-state index in [1.54, 1.807) is 6.92 Å². The van der Waals surface area contributed by atoms with E-state index in [9.17, 15) is 4.79 Å². The molecule has 0 heterocycles. The summed E-state index contributed by atoms with van der Waals surface area (Å²) in [6.45, 7) is 1.55. The number of hydrogen-bond donors (Lipinski definition) is 0. The van der Waals surface area contributed by atoms with E-state index in [1.807, 2.05) is 0 Å². The molecule has 1 nitrogen and oxygen atoms in total. The van der Waals surface area contributed by atoms with E-state index in [2.05, 4.69) is 0 Å². The molecule has 0 saturated heterocycles. The third-order valence-electron chi connectivity index (χ3n) is 2.16. The molecule has 0 saturated carbocycles. The van der Waals surface area contributed by atoms with Crippen LogP contribution >= 0.6 is 46.4 Å². The van der Waals surface area contributed by atoms with E-state index in [0.717, 1.165) is 0 Å². The average Bonchev–Trinajstić information content (AvgIpc) is 2.20. The molecule has 0 unspecified atom stereocenters. The van der Waals surface area contributed by atoms with Crippen molar-refractivity contribution in [2.45, 2.75) is 26.2 Å². The molecule has 88 valence electrons.